The van der Waals surface area contributed by atoms with E-state index in [1.54, 1.807) is 0 Å². The van der Waals surface area contributed by atoms with Crippen molar-refractivity contribution in [1.29, 1.82) is 0 Å². The Morgan fingerprint density at radius 2 is 1.88 bits per heavy atom. The molecular formula is C13H19NO2. The van der Waals surface area contributed by atoms with E-state index in [1.165, 1.54) is 5.56 Å². The number of aliphatic carboxylic acids is 1. The minimum absolute atomic E-state index is 0.482. The molecule has 3 nitrogen and oxygen atoms in total. The number of hydrogen-bond donors (Lipinski definition) is 2. The van der Waals surface area contributed by atoms with Gasteiger partial charge in [-0.15, -0.1) is 0 Å². The molecule has 88 valence electrons. The number of hydrogen-bond acceptors (Lipinski definition) is 2. The van der Waals surface area contributed by atoms with Crippen LogP contribution in [0.15, 0.2) is 24.3 Å². The van der Waals surface area contributed by atoms with Gasteiger partial charge in [0.1, 0.15) is 6.04 Å². The molecule has 0 saturated heterocycles. The Balaban J connectivity index is 2.52. The van der Waals surface area contributed by atoms with Crippen molar-refractivity contribution in [3.05, 3.63) is 35.4 Å². The fraction of sp³-hybridized carbons (Fsp3) is 0.462. The summed E-state index contributed by atoms with van der Waals surface area (Å²) in [5.41, 5.74) is 7.88. The summed E-state index contributed by atoms with van der Waals surface area (Å²) < 4.78 is 0. The average Bonchev–Trinajstić information content (AvgIpc) is 2.26. The van der Waals surface area contributed by atoms with Gasteiger partial charge in [-0.2, -0.15) is 0 Å². The predicted molar refractivity (Wildman–Crippen MR) is 64.5 cm³/mol. The molecule has 1 aromatic carbocycles. The highest BCUT2D eigenvalue weighted by atomic mass is 16.4. The molecule has 0 aliphatic rings. The maximum absolute atomic E-state index is 10.5. The predicted octanol–water partition coefficient (Wildman–Crippen LogP) is 2.15. The highest BCUT2D eigenvalue weighted by Gasteiger charge is 2.10. The Morgan fingerprint density at radius 1 is 1.31 bits per heavy atom. The summed E-state index contributed by atoms with van der Waals surface area (Å²) in [5.74, 6) is -0.408. The molecule has 3 heteroatoms. The SMILES string of the molecule is CC(C)c1ccc(CC[C@@H](N)C(=O)O)cc1. The largest absolute Gasteiger partial charge is 0.480 e. The molecule has 0 saturated carbocycles. The lowest BCUT2D eigenvalue weighted by Crippen LogP contribution is -2.30. The Morgan fingerprint density at radius 3 is 2.31 bits per heavy atom. The summed E-state index contributed by atoms with van der Waals surface area (Å²) >= 11 is 0. The van der Waals surface area contributed by atoms with Crippen LogP contribution in [-0.2, 0) is 11.2 Å². The van der Waals surface area contributed by atoms with Crippen LogP contribution in [0.2, 0.25) is 0 Å². The molecule has 0 spiro atoms. The normalized spacial score (nSPS) is 12.8. The second kappa shape index (κ2) is 5.66. The monoisotopic (exact) mass is 221 g/mol. The lowest BCUT2D eigenvalue weighted by atomic mass is 9.99. The third kappa shape index (κ3) is 3.66. The van der Waals surface area contributed by atoms with Gasteiger partial charge in [0.05, 0.1) is 0 Å². The highest BCUT2D eigenvalue weighted by Crippen LogP contribution is 2.15. The van der Waals surface area contributed by atoms with E-state index in [2.05, 4.69) is 26.0 Å². The van der Waals surface area contributed by atoms with Crippen molar-refractivity contribution < 1.29 is 9.90 Å². The van der Waals surface area contributed by atoms with Crippen LogP contribution in [-0.4, -0.2) is 17.1 Å². The number of benzene rings is 1. The number of rotatable bonds is 5. The number of carbonyl (C=O) groups is 1. The van der Waals surface area contributed by atoms with E-state index in [0.717, 1.165) is 5.56 Å². The number of aryl methyl sites for hydroxylation is 1. The van der Waals surface area contributed by atoms with Crippen molar-refractivity contribution >= 4 is 5.97 Å². The average molecular weight is 221 g/mol. The fourth-order valence-electron chi connectivity index (χ4n) is 1.51. The zero-order valence-electron chi connectivity index (χ0n) is 9.81. The highest BCUT2D eigenvalue weighted by molar-refractivity contribution is 5.73. The summed E-state index contributed by atoms with van der Waals surface area (Å²) in [7, 11) is 0. The Hall–Kier alpha value is -1.35. The van der Waals surface area contributed by atoms with Crippen LogP contribution in [0.5, 0.6) is 0 Å². The molecule has 0 unspecified atom stereocenters. The minimum Gasteiger partial charge on any atom is -0.480 e. The van der Waals surface area contributed by atoms with Crippen molar-refractivity contribution in [1.82, 2.24) is 0 Å². The zero-order chi connectivity index (χ0) is 12.1. The van der Waals surface area contributed by atoms with Crippen molar-refractivity contribution in [3.63, 3.8) is 0 Å². The van der Waals surface area contributed by atoms with Gasteiger partial charge in [-0.3, -0.25) is 4.79 Å². The van der Waals surface area contributed by atoms with E-state index >= 15 is 0 Å². The van der Waals surface area contributed by atoms with E-state index in [1.807, 2.05) is 12.1 Å². The van der Waals surface area contributed by atoms with Gasteiger partial charge in [-0.1, -0.05) is 38.1 Å². The van der Waals surface area contributed by atoms with Gasteiger partial charge in [0, 0.05) is 0 Å². The molecule has 1 rings (SSSR count). The van der Waals surface area contributed by atoms with Crippen molar-refractivity contribution in [2.24, 2.45) is 5.73 Å². The molecule has 0 aromatic heterocycles. The van der Waals surface area contributed by atoms with Crippen LogP contribution in [0.3, 0.4) is 0 Å². The first-order chi connectivity index (χ1) is 7.50. The van der Waals surface area contributed by atoms with Crippen molar-refractivity contribution in [2.45, 2.75) is 38.6 Å². The molecule has 0 bridgehead atoms. The summed E-state index contributed by atoms with van der Waals surface area (Å²) in [6.07, 6.45) is 1.20. The molecule has 0 amide bonds. The Bertz CT molecular complexity index is 343. The third-order valence-electron chi connectivity index (χ3n) is 2.71. The van der Waals surface area contributed by atoms with E-state index in [9.17, 15) is 4.79 Å². The van der Waals surface area contributed by atoms with Crippen LogP contribution in [0.1, 0.15) is 37.3 Å². The Labute approximate surface area is 96.3 Å². The van der Waals surface area contributed by atoms with Crippen LogP contribution in [0, 0.1) is 0 Å². The molecule has 0 aliphatic carbocycles. The molecule has 0 fully saturated rings. The molecule has 3 N–H and O–H groups in total. The van der Waals surface area contributed by atoms with Crippen LogP contribution in [0.25, 0.3) is 0 Å². The van der Waals surface area contributed by atoms with E-state index < -0.39 is 12.0 Å². The van der Waals surface area contributed by atoms with E-state index in [0.29, 0.717) is 18.8 Å². The maximum Gasteiger partial charge on any atom is 0.320 e. The molecule has 1 aromatic rings. The lowest BCUT2D eigenvalue weighted by molar-refractivity contribution is -0.138. The lowest BCUT2D eigenvalue weighted by Gasteiger charge is -2.08. The summed E-state index contributed by atoms with van der Waals surface area (Å²) in [6.45, 7) is 4.30. The first-order valence-corrected chi connectivity index (χ1v) is 5.58. The number of nitrogens with two attached hydrogens (primary N) is 1. The number of carboxylic acid groups (broad SMARTS) is 1. The van der Waals surface area contributed by atoms with Gasteiger partial charge in [-0.25, -0.2) is 0 Å². The topological polar surface area (TPSA) is 63.3 Å². The molecule has 0 radical (unpaired) electrons. The summed E-state index contributed by atoms with van der Waals surface area (Å²) in [4.78, 5) is 10.5. The fourth-order valence-corrected chi connectivity index (χ4v) is 1.51. The first kappa shape index (κ1) is 12.7. The van der Waals surface area contributed by atoms with Crippen LogP contribution in [0.4, 0.5) is 0 Å². The number of carboxylic acids is 1. The molecule has 16 heavy (non-hydrogen) atoms. The summed E-state index contributed by atoms with van der Waals surface area (Å²) in [6, 6.07) is 7.51. The van der Waals surface area contributed by atoms with Gasteiger partial charge < -0.3 is 10.8 Å². The maximum atomic E-state index is 10.5. The van der Waals surface area contributed by atoms with Crippen molar-refractivity contribution in [3.8, 4) is 0 Å². The summed E-state index contributed by atoms with van der Waals surface area (Å²) in [5, 5.41) is 8.65. The van der Waals surface area contributed by atoms with Gasteiger partial charge >= 0.3 is 5.97 Å². The van der Waals surface area contributed by atoms with Crippen LogP contribution < -0.4 is 5.73 Å². The van der Waals surface area contributed by atoms with Gasteiger partial charge in [-0.05, 0) is 29.9 Å². The van der Waals surface area contributed by atoms with Gasteiger partial charge in [0.25, 0.3) is 0 Å². The van der Waals surface area contributed by atoms with Gasteiger partial charge in [0.2, 0.25) is 0 Å². The zero-order valence-corrected chi connectivity index (χ0v) is 9.81. The second-order valence-electron chi connectivity index (χ2n) is 4.38. The van der Waals surface area contributed by atoms with E-state index in [4.69, 9.17) is 10.8 Å². The molecule has 0 aliphatic heterocycles. The molecule has 1 atom stereocenters. The smallest absolute Gasteiger partial charge is 0.320 e. The second-order valence-corrected chi connectivity index (χ2v) is 4.38. The quantitative estimate of drug-likeness (QED) is 0.800. The van der Waals surface area contributed by atoms with Crippen LogP contribution >= 0.6 is 0 Å². The third-order valence-corrected chi connectivity index (χ3v) is 2.71. The first-order valence-electron chi connectivity index (χ1n) is 5.58. The molecule has 0 heterocycles. The minimum atomic E-state index is -0.932. The van der Waals surface area contributed by atoms with E-state index in [-0.39, 0.29) is 0 Å². The standard InChI is InChI=1S/C13H19NO2/c1-9(2)11-6-3-10(4-7-11)5-8-12(14)13(15)16/h3-4,6-7,9,12H,5,8,14H2,1-2H3,(H,15,16)/t12-/m1/s1. The Kier molecular flexibility index (Phi) is 4.50. The molecular weight excluding hydrogens is 202 g/mol. The van der Waals surface area contributed by atoms with Gasteiger partial charge in [0.15, 0.2) is 0 Å². The van der Waals surface area contributed by atoms with Crippen molar-refractivity contribution in [2.75, 3.05) is 0 Å².